The molecule has 0 aliphatic rings. The summed E-state index contributed by atoms with van der Waals surface area (Å²) in [5.74, 6) is -0.747. The highest BCUT2D eigenvalue weighted by Gasteiger charge is 2.26. The van der Waals surface area contributed by atoms with Crippen LogP contribution in [-0.4, -0.2) is 31.3 Å². The smallest absolute Gasteiger partial charge is 0.348 e. The van der Waals surface area contributed by atoms with E-state index in [9.17, 15) is 9.59 Å². The van der Waals surface area contributed by atoms with Crippen molar-refractivity contribution in [3.63, 3.8) is 0 Å². The molecule has 0 bridgehead atoms. The fraction of sp³-hybridized carbons (Fsp3) is 0.316. The second-order valence-corrected chi connectivity index (χ2v) is 7.49. The number of methoxy groups -OCH3 is 2. The van der Waals surface area contributed by atoms with Gasteiger partial charge in [0, 0.05) is 5.69 Å². The van der Waals surface area contributed by atoms with Gasteiger partial charge in [-0.1, -0.05) is 32.0 Å². The van der Waals surface area contributed by atoms with Crippen molar-refractivity contribution in [3.05, 3.63) is 45.8 Å². The molecule has 2 aromatic rings. The Morgan fingerprint density at radius 2 is 1.70 bits per heavy atom. The number of thiophene rings is 1. The van der Waals surface area contributed by atoms with Crippen LogP contribution in [0, 0.1) is 6.92 Å². The third-order valence-electron chi connectivity index (χ3n) is 3.97. The Morgan fingerprint density at radius 1 is 1.07 bits per heavy atom. The third-order valence-corrected chi connectivity index (χ3v) is 5.36. The van der Waals surface area contributed by atoms with Crippen LogP contribution in [0.15, 0.2) is 24.3 Å². The number of benzene rings is 1. The molecular formula is C19H22N2O4S2. The average Bonchev–Trinajstić information content (AvgIpc) is 2.96. The predicted molar refractivity (Wildman–Crippen MR) is 112 cm³/mol. The van der Waals surface area contributed by atoms with E-state index in [1.165, 1.54) is 14.2 Å². The number of rotatable bonds is 5. The normalized spacial score (nSPS) is 10.4. The molecule has 0 saturated heterocycles. The van der Waals surface area contributed by atoms with E-state index in [-0.39, 0.29) is 5.56 Å². The summed E-state index contributed by atoms with van der Waals surface area (Å²) in [5.41, 5.74) is 2.76. The molecule has 2 N–H and O–H groups in total. The van der Waals surface area contributed by atoms with Gasteiger partial charge < -0.3 is 20.1 Å². The van der Waals surface area contributed by atoms with Crippen molar-refractivity contribution >= 4 is 51.3 Å². The molecule has 0 aliphatic heterocycles. The fourth-order valence-corrected chi connectivity index (χ4v) is 4.00. The summed E-state index contributed by atoms with van der Waals surface area (Å²) in [6.07, 6.45) is 0. The van der Waals surface area contributed by atoms with Crippen LogP contribution in [0.25, 0.3) is 0 Å². The van der Waals surface area contributed by atoms with Gasteiger partial charge in [-0.25, -0.2) is 9.59 Å². The molecular weight excluding hydrogens is 384 g/mol. The molecule has 8 heteroatoms. The number of hydrogen-bond donors (Lipinski definition) is 2. The lowest BCUT2D eigenvalue weighted by Gasteiger charge is -2.16. The third kappa shape index (κ3) is 4.64. The zero-order chi connectivity index (χ0) is 20.1. The van der Waals surface area contributed by atoms with Gasteiger partial charge in [-0.15, -0.1) is 11.3 Å². The van der Waals surface area contributed by atoms with Gasteiger partial charge in [0.2, 0.25) is 0 Å². The van der Waals surface area contributed by atoms with Gasteiger partial charge in [-0.05, 0) is 42.3 Å². The number of esters is 2. The number of para-hydroxylation sites is 1. The monoisotopic (exact) mass is 406 g/mol. The van der Waals surface area contributed by atoms with Crippen molar-refractivity contribution in [1.29, 1.82) is 0 Å². The minimum Gasteiger partial charge on any atom is -0.465 e. The number of ether oxygens (including phenoxy) is 2. The van der Waals surface area contributed by atoms with Gasteiger partial charge in [-0.3, -0.25) is 0 Å². The Hall–Kier alpha value is -2.45. The molecule has 1 aromatic heterocycles. The van der Waals surface area contributed by atoms with E-state index in [1.807, 2.05) is 24.3 Å². The molecule has 2 rings (SSSR count). The SMILES string of the molecule is COC(=O)c1sc(NC(=S)Nc2ccccc2C(C)C)c(C(=O)OC)c1C. The van der Waals surface area contributed by atoms with Gasteiger partial charge >= 0.3 is 11.9 Å². The topological polar surface area (TPSA) is 76.7 Å². The lowest BCUT2D eigenvalue weighted by molar-refractivity contribution is 0.0601. The van der Waals surface area contributed by atoms with Crippen LogP contribution in [0.2, 0.25) is 0 Å². The second kappa shape index (κ2) is 8.96. The Balaban J connectivity index is 2.32. The van der Waals surface area contributed by atoms with Crippen molar-refractivity contribution in [2.75, 3.05) is 24.9 Å². The summed E-state index contributed by atoms with van der Waals surface area (Å²) in [4.78, 5) is 24.5. The maximum atomic E-state index is 12.2. The van der Waals surface area contributed by atoms with E-state index in [2.05, 4.69) is 24.5 Å². The molecule has 1 aromatic carbocycles. The van der Waals surface area contributed by atoms with Gasteiger partial charge in [0.1, 0.15) is 9.88 Å². The zero-order valence-electron chi connectivity index (χ0n) is 15.8. The van der Waals surface area contributed by atoms with E-state index in [1.54, 1.807) is 6.92 Å². The molecule has 0 spiro atoms. The average molecular weight is 407 g/mol. The van der Waals surface area contributed by atoms with Gasteiger partial charge in [0.05, 0.1) is 19.8 Å². The molecule has 0 aliphatic carbocycles. The quantitative estimate of drug-likeness (QED) is 0.557. The number of carbonyl (C=O) groups excluding carboxylic acids is 2. The number of carbonyl (C=O) groups is 2. The van der Waals surface area contributed by atoms with Crippen molar-refractivity contribution in [2.45, 2.75) is 26.7 Å². The summed E-state index contributed by atoms with van der Waals surface area (Å²) in [5, 5.41) is 6.91. The molecule has 0 atom stereocenters. The molecule has 0 amide bonds. The van der Waals surface area contributed by atoms with E-state index >= 15 is 0 Å². The predicted octanol–water partition coefficient (Wildman–Crippen LogP) is 4.56. The minimum atomic E-state index is -0.549. The highest BCUT2D eigenvalue weighted by molar-refractivity contribution is 7.80. The molecule has 1 heterocycles. The first kappa shape index (κ1) is 20.9. The maximum Gasteiger partial charge on any atom is 0.348 e. The Kier molecular flexibility index (Phi) is 6.92. The van der Waals surface area contributed by atoms with Crippen LogP contribution < -0.4 is 10.6 Å². The fourth-order valence-electron chi connectivity index (χ4n) is 2.61. The zero-order valence-corrected chi connectivity index (χ0v) is 17.5. The van der Waals surface area contributed by atoms with Crippen LogP contribution in [0.3, 0.4) is 0 Å². The molecule has 6 nitrogen and oxygen atoms in total. The lowest BCUT2D eigenvalue weighted by Crippen LogP contribution is -2.21. The van der Waals surface area contributed by atoms with Crippen LogP contribution in [0.4, 0.5) is 10.7 Å². The van der Waals surface area contributed by atoms with Crippen LogP contribution in [0.5, 0.6) is 0 Å². The molecule has 0 fully saturated rings. The standard InChI is InChI=1S/C19H22N2O4S2/c1-10(2)12-8-6-7-9-13(12)20-19(26)21-16-14(17(22)24-4)11(3)15(27-16)18(23)25-5/h6-10H,1-5H3,(H2,20,21,26). The van der Waals surface area contributed by atoms with E-state index in [0.717, 1.165) is 22.6 Å². The van der Waals surface area contributed by atoms with Crippen LogP contribution in [-0.2, 0) is 9.47 Å². The van der Waals surface area contributed by atoms with E-state index in [0.29, 0.717) is 26.5 Å². The molecule has 0 unspecified atom stereocenters. The number of thiocarbonyl (C=S) groups is 1. The van der Waals surface area contributed by atoms with Crippen LogP contribution in [0.1, 0.15) is 50.9 Å². The first-order valence-corrected chi connectivity index (χ1v) is 9.49. The molecule has 144 valence electrons. The van der Waals surface area contributed by atoms with Gasteiger partial charge in [0.25, 0.3) is 0 Å². The highest BCUT2D eigenvalue weighted by Crippen LogP contribution is 2.34. The maximum absolute atomic E-state index is 12.2. The minimum absolute atomic E-state index is 0.268. The largest absolute Gasteiger partial charge is 0.465 e. The van der Waals surface area contributed by atoms with Crippen molar-refractivity contribution in [3.8, 4) is 0 Å². The van der Waals surface area contributed by atoms with Crippen molar-refractivity contribution < 1.29 is 19.1 Å². The van der Waals surface area contributed by atoms with Gasteiger partial charge in [0.15, 0.2) is 5.11 Å². The van der Waals surface area contributed by atoms with E-state index < -0.39 is 11.9 Å². The summed E-state index contributed by atoms with van der Waals surface area (Å²) in [6.45, 7) is 5.86. The molecule has 27 heavy (non-hydrogen) atoms. The lowest BCUT2D eigenvalue weighted by atomic mass is 10.0. The van der Waals surface area contributed by atoms with E-state index in [4.69, 9.17) is 21.7 Å². The Labute approximate surface area is 167 Å². The Bertz CT molecular complexity index is 875. The highest BCUT2D eigenvalue weighted by atomic mass is 32.1. The van der Waals surface area contributed by atoms with Crippen molar-refractivity contribution in [1.82, 2.24) is 0 Å². The first-order valence-electron chi connectivity index (χ1n) is 8.27. The number of hydrogen-bond acceptors (Lipinski definition) is 6. The number of nitrogens with one attached hydrogen (secondary N) is 2. The summed E-state index contributed by atoms with van der Waals surface area (Å²) in [6, 6.07) is 7.85. The summed E-state index contributed by atoms with van der Waals surface area (Å²) in [7, 11) is 2.58. The van der Waals surface area contributed by atoms with Crippen molar-refractivity contribution in [2.24, 2.45) is 0 Å². The van der Waals surface area contributed by atoms with Gasteiger partial charge in [-0.2, -0.15) is 0 Å². The van der Waals surface area contributed by atoms with Crippen LogP contribution >= 0.6 is 23.6 Å². The Morgan fingerprint density at radius 3 is 2.30 bits per heavy atom. The number of anilines is 2. The molecule has 0 saturated carbocycles. The summed E-state index contributed by atoms with van der Waals surface area (Å²) >= 11 is 6.51. The second-order valence-electron chi connectivity index (χ2n) is 6.06. The first-order chi connectivity index (χ1) is 12.8. The molecule has 0 radical (unpaired) electrons. The summed E-state index contributed by atoms with van der Waals surface area (Å²) < 4.78 is 9.63.